The van der Waals surface area contributed by atoms with Crippen molar-refractivity contribution in [1.82, 2.24) is 15.2 Å². The van der Waals surface area contributed by atoms with Gasteiger partial charge in [0.25, 0.3) is 10.0 Å². The molecule has 21 heavy (non-hydrogen) atoms. The Morgan fingerprint density at radius 2 is 2.00 bits per heavy atom. The third kappa shape index (κ3) is 4.04. The van der Waals surface area contributed by atoms with Crippen molar-refractivity contribution < 1.29 is 8.42 Å². The third-order valence-corrected chi connectivity index (χ3v) is 6.64. The molecule has 118 valence electrons. The van der Waals surface area contributed by atoms with E-state index < -0.39 is 10.0 Å². The van der Waals surface area contributed by atoms with Gasteiger partial charge in [-0.15, -0.1) is 16.2 Å². The van der Waals surface area contributed by atoms with Gasteiger partial charge < -0.3 is 5.32 Å². The van der Waals surface area contributed by atoms with E-state index in [1.165, 1.54) is 19.3 Å². The maximum absolute atomic E-state index is 12.5. The largest absolute Gasteiger partial charge is 0.309 e. The van der Waals surface area contributed by atoms with Crippen LogP contribution < -0.4 is 10.1 Å². The Bertz CT molecular complexity index is 587. The van der Waals surface area contributed by atoms with E-state index in [1.54, 1.807) is 11.3 Å². The van der Waals surface area contributed by atoms with Gasteiger partial charge in [0.15, 0.2) is 0 Å². The molecule has 1 aliphatic carbocycles. The minimum atomic E-state index is -3.43. The minimum Gasteiger partial charge on any atom is -0.309 e. The number of aryl methyl sites for hydroxylation is 1. The summed E-state index contributed by atoms with van der Waals surface area (Å²) in [6.45, 7) is 4.27. The molecule has 0 amide bonds. The van der Waals surface area contributed by atoms with E-state index in [-0.39, 0.29) is 0 Å². The monoisotopic (exact) mass is 329 g/mol. The first kappa shape index (κ1) is 15.4. The van der Waals surface area contributed by atoms with Crippen molar-refractivity contribution in [2.45, 2.75) is 56.5 Å². The van der Waals surface area contributed by atoms with Gasteiger partial charge in [-0.3, -0.25) is 0 Å². The fourth-order valence-electron chi connectivity index (χ4n) is 2.61. The summed E-state index contributed by atoms with van der Waals surface area (Å²) in [6, 6.07) is 2.46. The zero-order valence-electron chi connectivity index (χ0n) is 12.4. The molecule has 0 aromatic carbocycles. The van der Waals surface area contributed by atoms with Crippen LogP contribution in [-0.2, 0) is 16.6 Å². The Balaban J connectivity index is 1.68. The molecule has 1 aromatic rings. The van der Waals surface area contributed by atoms with Crippen LogP contribution in [0.2, 0.25) is 0 Å². The van der Waals surface area contributed by atoms with Crippen LogP contribution in [0.4, 0.5) is 0 Å². The van der Waals surface area contributed by atoms with Gasteiger partial charge in [-0.2, -0.15) is 0 Å². The predicted octanol–water partition coefficient (Wildman–Crippen LogP) is 1.99. The van der Waals surface area contributed by atoms with Crippen molar-refractivity contribution in [3.63, 3.8) is 0 Å². The Hall–Kier alpha value is -0.470. The van der Waals surface area contributed by atoms with Crippen molar-refractivity contribution in [3.05, 3.63) is 15.8 Å². The Labute approximate surface area is 130 Å². The van der Waals surface area contributed by atoms with Gasteiger partial charge in [0.05, 0.1) is 4.90 Å². The summed E-state index contributed by atoms with van der Waals surface area (Å²) in [5, 5.41) is 5.26. The molecular weight excluding hydrogens is 306 g/mol. The fourth-order valence-corrected chi connectivity index (χ4v) is 5.33. The van der Waals surface area contributed by atoms with E-state index in [9.17, 15) is 8.42 Å². The smallest absolute Gasteiger partial charge is 0.254 e. The highest BCUT2D eigenvalue weighted by molar-refractivity contribution is 7.89. The van der Waals surface area contributed by atoms with Crippen molar-refractivity contribution in [2.75, 3.05) is 13.1 Å². The number of sulfonamides is 1. The third-order valence-electron chi connectivity index (χ3n) is 3.96. The molecule has 1 saturated heterocycles. The normalized spacial score (nSPS) is 20.8. The van der Waals surface area contributed by atoms with Crippen molar-refractivity contribution in [3.8, 4) is 0 Å². The molecule has 2 N–H and O–H groups in total. The first-order valence-electron chi connectivity index (χ1n) is 7.65. The van der Waals surface area contributed by atoms with Gasteiger partial charge in [-0.05, 0) is 38.7 Å². The Morgan fingerprint density at radius 3 is 2.67 bits per heavy atom. The van der Waals surface area contributed by atoms with E-state index in [0.717, 1.165) is 42.2 Å². The molecular formula is C14H23N3O2S2. The van der Waals surface area contributed by atoms with Crippen LogP contribution in [0.5, 0.6) is 0 Å². The number of nitrogens with zero attached hydrogens (tertiary/aromatic N) is 1. The summed E-state index contributed by atoms with van der Waals surface area (Å²) in [5.74, 6) is 0. The number of piperidine rings is 1. The molecule has 1 aliphatic heterocycles. The fraction of sp³-hybridized carbons (Fsp3) is 0.714. The lowest BCUT2D eigenvalue weighted by molar-refractivity contribution is 0.200. The number of nitrogens with one attached hydrogen (secondary N) is 2. The number of hydrogen-bond donors (Lipinski definition) is 2. The first-order chi connectivity index (χ1) is 10.0. The molecule has 0 radical (unpaired) electrons. The van der Waals surface area contributed by atoms with E-state index in [1.807, 2.05) is 18.0 Å². The maximum Gasteiger partial charge on any atom is 0.254 e. The van der Waals surface area contributed by atoms with Crippen molar-refractivity contribution in [1.29, 1.82) is 0 Å². The van der Waals surface area contributed by atoms with Gasteiger partial charge >= 0.3 is 0 Å². The quantitative estimate of drug-likeness (QED) is 0.838. The van der Waals surface area contributed by atoms with Crippen LogP contribution in [-0.4, -0.2) is 32.6 Å². The molecule has 3 rings (SSSR count). The Morgan fingerprint density at radius 1 is 1.29 bits per heavy atom. The summed E-state index contributed by atoms with van der Waals surface area (Å²) in [5.41, 5.74) is 0. The molecule has 0 atom stereocenters. The van der Waals surface area contributed by atoms with E-state index in [0.29, 0.717) is 10.9 Å². The summed E-state index contributed by atoms with van der Waals surface area (Å²) >= 11 is 1.57. The lowest BCUT2D eigenvalue weighted by atomic mass is 10.2. The van der Waals surface area contributed by atoms with Crippen LogP contribution in [0, 0.1) is 6.92 Å². The number of rotatable bonds is 6. The SMILES string of the molecule is Cc1sc(CNC2CC2)cc1S(=O)(=O)NN1CCCCC1. The number of hydrazine groups is 1. The maximum atomic E-state index is 12.5. The summed E-state index contributed by atoms with van der Waals surface area (Å²) in [4.78, 5) is 5.13. The molecule has 2 aliphatic rings. The lowest BCUT2D eigenvalue weighted by Crippen LogP contribution is -2.44. The molecule has 2 heterocycles. The van der Waals surface area contributed by atoms with Crippen LogP contribution in [0.25, 0.3) is 0 Å². The molecule has 0 unspecified atom stereocenters. The average Bonchev–Trinajstić information content (AvgIpc) is 3.19. The molecule has 5 nitrogen and oxygen atoms in total. The summed E-state index contributed by atoms with van der Waals surface area (Å²) in [7, 11) is -3.43. The minimum absolute atomic E-state index is 0.436. The predicted molar refractivity (Wildman–Crippen MR) is 84.7 cm³/mol. The summed E-state index contributed by atoms with van der Waals surface area (Å²) < 4.78 is 25.0. The zero-order chi connectivity index (χ0) is 14.9. The van der Waals surface area contributed by atoms with Crippen LogP contribution in [0.15, 0.2) is 11.0 Å². The Kier molecular flexibility index (Phi) is 4.66. The molecule has 1 saturated carbocycles. The second kappa shape index (κ2) is 6.34. The number of thiophene rings is 1. The highest BCUT2D eigenvalue weighted by Gasteiger charge is 2.25. The van der Waals surface area contributed by atoms with Crippen LogP contribution >= 0.6 is 11.3 Å². The molecule has 1 aromatic heterocycles. The van der Waals surface area contributed by atoms with E-state index >= 15 is 0 Å². The zero-order valence-corrected chi connectivity index (χ0v) is 14.0. The van der Waals surface area contributed by atoms with Crippen LogP contribution in [0.1, 0.15) is 41.9 Å². The molecule has 0 spiro atoms. The van der Waals surface area contributed by atoms with Gasteiger partial charge in [-0.1, -0.05) is 6.42 Å². The number of hydrogen-bond acceptors (Lipinski definition) is 5. The molecule has 7 heteroatoms. The highest BCUT2D eigenvalue weighted by Crippen LogP contribution is 2.27. The topological polar surface area (TPSA) is 61.4 Å². The van der Waals surface area contributed by atoms with Crippen molar-refractivity contribution >= 4 is 21.4 Å². The van der Waals surface area contributed by atoms with Gasteiger partial charge in [0.2, 0.25) is 0 Å². The van der Waals surface area contributed by atoms with Crippen molar-refractivity contribution in [2.24, 2.45) is 0 Å². The lowest BCUT2D eigenvalue weighted by Gasteiger charge is -2.26. The van der Waals surface area contributed by atoms with Crippen LogP contribution in [0.3, 0.4) is 0 Å². The second-order valence-electron chi connectivity index (χ2n) is 5.93. The van der Waals surface area contributed by atoms with Gasteiger partial charge in [-0.25, -0.2) is 13.4 Å². The second-order valence-corrected chi connectivity index (χ2v) is 8.90. The average molecular weight is 329 g/mol. The van der Waals surface area contributed by atoms with Gasteiger partial charge in [0, 0.05) is 35.4 Å². The first-order valence-corrected chi connectivity index (χ1v) is 9.95. The molecule has 2 fully saturated rings. The molecule has 0 bridgehead atoms. The van der Waals surface area contributed by atoms with Gasteiger partial charge in [0.1, 0.15) is 0 Å². The van der Waals surface area contributed by atoms with E-state index in [4.69, 9.17) is 0 Å². The standard InChI is InChI=1S/C14H23N3O2S2/c1-11-14(9-13(20-11)10-15-12-5-6-12)21(18,19)16-17-7-3-2-4-8-17/h9,12,15-16H,2-8,10H2,1H3. The van der Waals surface area contributed by atoms with E-state index in [2.05, 4.69) is 10.1 Å². The summed E-state index contributed by atoms with van der Waals surface area (Å²) in [6.07, 6.45) is 5.79. The highest BCUT2D eigenvalue weighted by atomic mass is 32.2.